The standard InChI is InChI=1S/C13H14N4O/c1-8-16-10-5-9(3-4-12(10)18-8)13-11(6-14)15-7-17(13)2/h3-5,7H,6,14H2,1-2H3. The largest absolute Gasteiger partial charge is 0.441 e. The first-order chi connectivity index (χ1) is 8.69. The highest BCUT2D eigenvalue weighted by Gasteiger charge is 2.11. The fourth-order valence-corrected chi connectivity index (χ4v) is 2.19. The maximum absolute atomic E-state index is 5.71. The van der Waals surface area contributed by atoms with Crippen LogP contribution in [0.25, 0.3) is 22.4 Å². The van der Waals surface area contributed by atoms with Crippen LogP contribution in [0.1, 0.15) is 11.6 Å². The summed E-state index contributed by atoms with van der Waals surface area (Å²) in [5.41, 5.74) is 10.3. The van der Waals surface area contributed by atoms with Gasteiger partial charge >= 0.3 is 0 Å². The van der Waals surface area contributed by atoms with Gasteiger partial charge in [0.1, 0.15) is 5.52 Å². The molecule has 3 rings (SSSR count). The number of hydrogen-bond acceptors (Lipinski definition) is 4. The van der Waals surface area contributed by atoms with E-state index in [-0.39, 0.29) is 0 Å². The molecule has 0 atom stereocenters. The quantitative estimate of drug-likeness (QED) is 0.746. The number of nitrogens with zero attached hydrogens (tertiary/aromatic N) is 3. The molecule has 92 valence electrons. The van der Waals surface area contributed by atoms with Gasteiger partial charge in [-0.15, -0.1) is 0 Å². The normalized spacial score (nSPS) is 11.3. The number of oxazole rings is 1. The van der Waals surface area contributed by atoms with Crippen molar-refractivity contribution in [2.75, 3.05) is 0 Å². The van der Waals surface area contributed by atoms with Crippen molar-refractivity contribution >= 4 is 11.1 Å². The van der Waals surface area contributed by atoms with E-state index in [1.165, 1.54) is 0 Å². The lowest BCUT2D eigenvalue weighted by Gasteiger charge is -2.04. The summed E-state index contributed by atoms with van der Waals surface area (Å²) in [4.78, 5) is 8.63. The number of benzene rings is 1. The molecule has 0 saturated carbocycles. The number of rotatable bonds is 2. The minimum Gasteiger partial charge on any atom is -0.441 e. The Morgan fingerprint density at radius 3 is 3.00 bits per heavy atom. The predicted octanol–water partition coefficient (Wildman–Crippen LogP) is 2.00. The minimum atomic E-state index is 0.423. The van der Waals surface area contributed by atoms with Crippen molar-refractivity contribution in [2.24, 2.45) is 12.8 Å². The second-order valence-electron chi connectivity index (χ2n) is 4.27. The van der Waals surface area contributed by atoms with Crippen LogP contribution >= 0.6 is 0 Å². The number of fused-ring (bicyclic) bond motifs is 1. The van der Waals surface area contributed by atoms with Gasteiger partial charge in [-0.05, 0) is 18.2 Å². The molecule has 2 heterocycles. The summed E-state index contributed by atoms with van der Waals surface area (Å²) in [5, 5.41) is 0. The number of aromatic nitrogens is 3. The van der Waals surface area contributed by atoms with E-state index in [2.05, 4.69) is 9.97 Å². The number of aryl methyl sites for hydroxylation is 2. The van der Waals surface area contributed by atoms with E-state index in [1.54, 1.807) is 6.33 Å². The zero-order chi connectivity index (χ0) is 12.7. The summed E-state index contributed by atoms with van der Waals surface area (Å²) < 4.78 is 7.44. The van der Waals surface area contributed by atoms with Crippen LogP contribution in [0, 0.1) is 6.92 Å². The average Bonchev–Trinajstić information content (AvgIpc) is 2.89. The van der Waals surface area contributed by atoms with Gasteiger partial charge in [0.05, 0.1) is 17.7 Å². The number of hydrogen-bond donors (Lipinski definition) is 1. The van der Waals surface area contributed by atoms with Crippen LogP contribution < -0.4 is 5.73 Å². The van der Waals surface area contributed by atoms with E-state index in [0.29, 0.717) is 12.4 Å². The lowest BCUT2D eigenvalue weighted by molar-refractivity contribution is 0.561. The molecule has 0 aliphatic heterocycles. The fourth-order valence-electron chi connectivity index (χ4n) is 2.19. The second kappa shape index (κ2) is 3.96. The fraction of sp³-hybridized carbons (Fsp3) is 0.231. The molecule has 0 aliphatic rings. The zero-order valence-corrected chi connectivity index (χ0v) is 10.3. The lowest BCUT2D eigenvalue weighted by Crippen LogP contribution is -2.00. The Balaban J connectivity index is 2.21. The molecule has 18 heavy (non-hydrogen) atoms. The van der Waals surface area contributed by atoms with Gasteiger partial charge in [-0.2, -0.15) is 0 Å². The summed E-state index contributed by atoms with van der Waals surface area (Å²) >= 11 is 0. The van der Waals surface area contributed by atoms with Crippen molar-refractivity contribution in [1.82, 2.24) is 14.5 Å². The van der Waals surface area contributed by atoms with Crippen molar-refractivity contribution < 1.29 is 4.42 Å². The summed E-state index contributed by atoms with van der Waals surface area (Å²) in [5.74, 6) is 0.672. The highest BCUT2D eigenvalue weighted by Crippen LogP contribution is 2.26. The third-order valence-corrected chi connectivity index (χ3v) is 2.97. The van der Waals surface area contributed by atoms with Crippen molar-refractivity contribution in [3.05, 3.63) is 36.1 Å². The molecule has 0 aliphatic carbocycles. The maximum Gasteiger partial charge on any atom is 0.192 e. The second-order valence-corrected chi connectivity index (χ2v) is 4.27. The van der Waals surface area contributed by atoms with E-state index in [1.807, 2.05) is 36.7 Å². The molecule has 3 aromatic rings. The van der Waals surface area contributed by atoms with Gasteiger partial charge in [0.25, 0.3) is 0 Å². The Morgan fingerprint density at radius 2 is 2.22 bits per heavy atom. The van der Waals surface area contributed by atoms with Gasteiger partial charge in [0.15, 0.2) is 11.5 Å². The van der Waals surface area contributed by atoms with Crippen LogP contribution in [-0.2, 0) is 13.6 Å². The Morgan fingerprint density at radius 1 is 1.39 bits per heavy atom. The molecule has 0 saturated heterocycles. The zero-order valence-electron chi connectivity index (χ0n) is 10.3. The highest BCUT2D eigenvalue weighted by molar-refractivity contribution is 5.80. The predicted molar refractivity (Wildman–Crippen MR) is 68.8 cm³/mol. The highest BCUT2D eigenvalue weighted by atomic mass is 16.3. The molecule has 2 aromatic heterocycles. The lowest BCUT2D eigenvalue weighted by atomic mass is 10.1. The SMILES string of the molecule is Cc1nc2cc(-c3c(CN)ncn3C)ccc2o1. The Labute approximate surface area is 104 Å². The number of nitrogens with two attached hydrogens (primary N) is 1. The third-order valence-electron chi connectivity index (χ3n) is 2.97. The van der Waals surface area contributed by atoms with Crippen LogP contribution in [0.15, 0.2) is 28.9 Å². The summed E-state index contributed by atoms with van der Waals surface area (Å²) in [7, 11) is 1.96. The van der Waals surface area contributed by atoms with E-state index in [9.17, 15) is 0 Å². The van der Waals surface area contributed by atoms with E-state index in [4.69, 9.17) is 10.2 Å². The molecule has 2 N–H and O–H groups in total. The molecule has 0 fully saturated rings. The molecule has 0 radical (unpaired) electrons. The van der Waals surface area contributed by atoms with Crippen LogP contribution in [0.5, 0.6) is 0 Å². The molecule has 0 amide bonds. The van der Waals surface area contributed by atoms with Gasteiger partial charge in [-0.3, -0.25) is 0 Å². The van der Waals surface area contributed by atoms with Gasteiger partial charge in [0, 0.05) is 26.1 Å². The van der Waals surface area contributed by atoms with Crippen molar-refractivity contribution in [2.45, 2.75) is 13.5 Å². The maximum atomic E-state index is 5.71. The van der Waals surface area contributed by atoms with Crippen molar-refractivity contribution in [1.29, 1.82) is 0 Å². The first-order valence-corrected chi connectivity index (χ1v) is 5.77. The van der Waals surface area contributed by atoms with Crippen LogP contribution in [0.3, 0.4) is 0 Å². The van der Waals surface area contributed by atoms with Crippen LogP contribution in [-0.4, -0.2) is 14.5 Å². The summed E-state index contributed by atoms with van der Waals surface area (Å²) in [6.45, 7) is 2.26. The minimum absolute atomic E-state index is 0.423. The Kier molecular flexibility index (Phi) is 2.41. The first-order valence-electron chi connectivity index (χ1n) is 5.77. The van der Waals surface area contributed by atoms with Gasteiger partial charge in [-0.25, -0.2) is 9.97 Å². The van der Waals surface area contributed by atoms with E-state index in [0.717, 1.165) is 28.1 Å². The first kappa shape index (κ1) is 11.0. The monoisotopic (exact) mass is 242 g/mol. The van der Waals surface area contributed by atoms with Crippen LogP contribution in [0.4, 0.5) is 0 Å². The molecular formula is C13H14N4O. The molecular weight excluding hydrogens is 228 g/mol. The van der Waals surface area contributed by atoms with Gasteiger partial charge in [0.2, 0.25) is 0 Å². The average molecular weight is 242 g/mol. The smallest absolute Gasteiger partial charge is 0.192 e. The van der Waals surface area contributed by atoms with Crippen molar-refractivity contribution in [3.8, 4) is 11.3 Å². The molecule has 0 spiro atoms. The molecule has 5 heteroatoms. The number of imidazole rings is 1. The van der Waals surface area contributed by atoms with Gasteiger partial charge < -0.3 is 14.7 Å². The van der Waals surface area contributed by atoms with Crippen molar-refractivity contribution in [3.63, 3.8) is 0 Å². The van der Waals surface area contributed by atoms with Crippen LogP contribution in [0.2, 0.25) is 0 Å². The molecule has 1 aromatic carbocycles. The topological polar surface area (TPSA) is 69.9 Å². The van der Waals surface area contributed by atoms with E-state index < -0.39 is 0 Å². The van der Waals surface area contributed by atoms with Gasteiger partial charge in [-0.1, -0.05) is 0 Å². The summed E-state index contributed by atoms with van der Waals surface area (Å²) in [6.07, 6.45) is 1.77. The molecule has 5 nitrogen and oxygen atoms in total. The molecule has 0 unspecified atom stereocenters. The third kappa shape index (κ3) is 1.60. The van der Waals surface area contributed by atoms with E-state index >= 15 is 0 Å². The Bertz CT molecular complexity index is 711. The molecule has 0 bridgehead atoms. The summed E-state index contributed by atoms with van der Waals surface area (Å²) in [6, 6.07) is 5.93. The Hall–Kier alpha value is -2.14.